The minimum absolute atomic E-state index is 0.141. The molecule has 5 heteroatoms. The Kier molecular flexibility index (Phi) is 6.21. The number of rotatable bonds is 8. The minimum atomic E-state index is 0.141. The molecule has 0 aliphatic carbocycles. The summed E-state index contributed by atoms with van der Waals surface area (Å²) in [6.45, 7) is 12.8. The molecule has 1 unspecified atom stereocenters. The average molecular weight is 294 g/mol. The maximum Gasteiger partial charge on any atom is 0.0644 e. The highest BCUT2D eigenvalue weighted by Crippen LogP contribution is 2.13. The maximum atomic E-state index is 9.05. The van der Waals surface area contributed by atoms with Crippen molar-refractivity contribution in [3.8, 4) is 0 Å². The number of aryl methyl sites for hydroxylation is 1. The van der Waals surface area contributed by atoms with Gasteiger partial charge in [-0.2, -0.15) is 5.10 Å². The van der Waals surface area contributed by atoms with Gasteiger partial charge in [-0.05, 0) is 52.2 Å². The lowest BCUT2D eigenvalue weighted by atomic mass is 10.1. The Morgan fingerprint density at radius 2 is 2.00 bits per heavy atom. The summed E-state index contributed by atoms with van der Waals surface area (Å²) in [5.74, 6) is 0.677. The Bertz CT molecular complexity index is 438. The molecule has 2 heterocycles. The fourth-order valence-corrected chi connectivity index (χ4v) is 3.22. The first-order chi connectivity index (χ1) is 10.1. The number of hydrogen-bond donors (Lipinski definition) is 2. The molecule has 0 spiro atoms. The van der Waals surface area contributed by atoms with Crippen LogP contribution >= 0.6 is 0 Å². The molecule has 2 rings (SSSR count). The third-order valence-corrected chi connectivity index (χ3v) is 4.41. The smallest absolute Gasteiger partial charge is 0.0644 e. The van der Waals surface area contributed by atoms with E-state index in [1.165, 1.54) is 43.7 Å². The van der Waals surface area contributed by atoms with Crippen molar-refractivity contribution in [3.63, 3.8) is 0 Å². The van der Waals surface area contributed by atoms with Gasteiger partial charge in [-0.3, -0.25) is 4.68 Å². The van der Waals surface area contributed by atoms with Gasteiger partial charge < -0.3 is 15.3 Å². The summed E-state index contributed by atoms with van der Waals surface area (Å²) in [6, 6.07) is 0. The van der Waals surface area contributed by atoms with Crippen molar-refractivity contribution >= 4 is 0 Å². The molecule has 2 N–H and O–H groups in total. The van der Waals surface area contributed by atoms with E-state index >= 15 is 0 Å². The predicted molar refractivity (Wildman–Crippen MR) is 85.3 cm³/mol. The fraction of sp³-hybridized carbons (Fsp3) is 0.812. The topological polar surface area (TPSA) is 53.3 Å². The van der Waals surface area contributed by atoms with Gasteiger partial charge in [-0.15, -0.1) is 0 Å². The van der Waals surface area contributed by atoms with Gasteiger partial charge in [0.15, 0.2) is 0 Å². The third kappa shape index (κ3) is 4.53. The van der Waals surface area contributed by atoms with Gasteiger partial charge in [0.25, 0.3) is 0 Å². The summed E-state index contributed by atoms with van der Waals surface area (Å²) in [4.78, 5) is 2.57. The van der Waals surface area contributed by atoms with Gasteiger partial charge in [0.05, 0.1) is 18.8 Å². The molecule has 0 bridgehead atoms. The Labute approximate surface area is 128 Å². The van der Waals surface area contributed by atoms with E-state index in [9.17, 15) is 0 Å². The van der Waals surface area contributed by atoms with Crippen molar-refractivity contribution in [1.82, 2.24) is 20.0 Å². The molecule has 0 radical (unpaired) electrons. The molecule has 120 valence electrons. The number of nitrogens with zero attached hydrogens (tertiary/aromatic N) is 3. The SMILES string of the molecule is Cc1nn(CCO)c(C)c1CNCC(C)CN1CCCC1. The summed E-state index contributed by atoms with van der Waals surface area (Å²) < 4.78 is 1.90. The van der Waals surface area contributed by atoms with Crippen LogP contribution in [0.1, 0.15) is 36.7 Å². The summed E-state index contributed by atoms with van der Waals surface area (Å²) in [5.41, 5.74) is 3.51. The molecule has 1 fully saturated rings. The largest absolute Gasteiger partial charge is 0.394 e. The maximum absolute atomic E-state index is 9.05. The summed E-state index contributed by atoms with van der Waals surface area (Å²) in [6.07, 6.45) is 2.73. The second-order valence-electron chi connectivity index (χ2n) is 6.34. The van der Waals surface area contributed by atoms with Crippen LogP contribution in [0.2, 0.25) is 0 Å². The molecule has 0 saturated carbocycles. The molecule has 1 atom stereocenters. The summed E-state index contributed by atoms with van der Waals surface area (Å²) in [5, 5.41) is 17.1. The lowest BCUT2D eigenvalue weighted by Crippen LogP contribution is -2.31. The van der Waals surface area contributed by atoms with Gasteiger partial charge >= 0.3 is 0 Å². The van der Waals surface area contributed by atoms with Crippen LogP contribution in [-0.4, -0.2) is 52.6 Å². The molecule has 0 aromatic carbocycles. The fourth-order valence-electron chi connectivity index (χ4n) is 3.22. The van der Waals surface area contributed by atoms with Crippen molar-refractivity contribution in [3.05, 3.63) is 17.0 Å². The number of nitrogens with one attached hydrogen (secondary N) is 1. The molecule has 1 aliphatic rings. The predicted octanol–water partition coefficient (Wildman–Crippen LogP) is 1.31. The van der Waals surface area contributed by atoms with Crippen molar-refractivity contribution in [2.75, 3.05) is 32.8 Å². The van der Waals surface area contributed by atoms with Crippen molar-refractivity contribution in [2.24, 2.45) is 5.92 Å². The van der Waals surface area contributed by atoms with Crippen LogP contribution in [0.4, 0.5) is 0 Å². The molecule has 1 aromatic rings. The Morgan fingerprint density at radius 3 is 2.67 bits per heavy atom. The normalized spacial score (nSPS) is 17.5. The zero-order valence-corrected chi connectivity index (χ0v) is 13.7. The van der Waals surface area contributed by atoms with Gasteiger partial charge in [0.2, 0.25) is 0 Å². The van der Waals surface area contributed by atoms with Gasteiger partial charge in [0.1, 0.15) is 0 Å². The third-order valence-electron chi connectivity index (χ3n) is 4.41. The van der Waals surface area contributed by atoms with Crippen LogP contribution in [-0.2, 0) is 13.1 Å². The van der Waals surface area contributed by atoms with Crippen LogP contribution in [0.25, 0.3) is 0 Å². The number of aliphatic hydroxyl groups is 1. The molecule has 1 saturated heterocycles. The van der Waals surface area contributed by atoms with Gasteiger partial charge in [0, 0.05) is 24.3 Å². The van der Waals surface area contributed by atoms with Crippen LogP contribution in [0, 0.1) is 19.8 Å². The zero-order chi connectivity index (χ0) is 15.2. The zero-order valence-electron chi connectivity index (χ0n) is 13.7. The van der Waals surface area contributed by atoms with Crippen molar-refractivity contribution < 1.29 is 5.11 Å². The van der Waals surface area contributed by atoms with E-state index in [1.807, 2.05) is 11.6 Å². The molecule has 1 aliphatic heterocycles. The molecule has 0 amide bonds. The number of aromatic nitrogens is 2. The molecule has 5 nitrogen and oxygen atoms in total. The van der Waals surface area contributed by atoms with Gasteiger partial charge in [-0.25, -0.2) is 0 Å². The highest BCUT2D eigenvalue weighted by molar-refractivity contribution is 5.24. The lowest BCUT2D eigenvalue weighted by molar-refractivity contribution is 0.267. The second kappa shape index (κ2) is 7.92. The first-order valence-electron chi connectivity index (χ1n) is 8.18. The minimum Gasteiger partial charge on any atom is -0.394 e. The van der Waals surface area contributed by atoms with E-state index in [1.54, 1.807) is 0 Å². The standard InChI is InChI=1S/C16H30N4O/c1-13(12-19-6-4-5-7-19)10-17-11-16-14(2)18-20(8-9-21)15(16)3/h13,17,21H,4-12H2,1-3H3. The van der Waals surface area contributed by atoms with E-state index < -0.39 is 0 Å². The van der Waals surface area contributed by atoms with E-state index in [2.05, 4.69) is 29.2 Å². The Balaban J connectivity index is 1.77. The highest BCUT2D eigenvalue weighted by atomic mass is 16.3. The van der Waals surface area contributed by atoms with E-state index in [0.29, 0.717) is 12.5 Å². The summed E-state index contributed by atoms with van der Waals surface area (Å²) in [7, 11) is 0. The van der Waals surface area contributed by atoms with E-state index in [0.717, 1.165) is 18.8 Å². The average Bonchev–Trinajstić information content (AvgIpc) is 3.03. The van der Waals surface area contributed by atoms with E-state index in [4.69, 9.17) is 5.11 Å². The Morgan fingerprint density at radius 1 is 1.29 bits per heavy atom. The summed E-state index contributed by atoms with van der Waals surface area (Å²) >= 11 is 0. The van der Waals surface area contributed by atoms with Gasteiger partial charge in [-0.1, -0.05) is 6.92 Å². The lowest BCUT2D eigenvalue weighted by Gasteiger charge is -2.20. The first-order valence-corrected chi connectivity index (χ1v) is 8.18. The monoisotopic (exact) mass is 294 g/mol. The molecule has 1 aromatic heterocycles. The van der Waals surface area contributed by atoms with Crippen molar-refractivity contribution in [2.45, 2.75) is 46.7 Å². The van der Waals surface area contributed by atoms with Crippen LogP contribution in [0.3, 0.4) is 0 Å². The number of likely N-dealkylation sites (tertiary alicyclic amines) is 1. The molecule has 21 heavy (non-hydrogen) atoms. The number of hydrogen-bond acceptors (Lipinski definition) is 4. The number of aliphatic hydroxyl groups excluding tert-OH is 1. The van der Waals surface area contributed by atoms with Crippen LogP contribution in [0.5, 0.6) is 0 Å². The molecular formula is C16H30N4O. The highest BCUT2D eigenvalue weighted by Gasteiger charge is 2.15. The quantitative estimate of drug-likeness (QED) is 0.759. The molecular weight excluding hydrogens is 264 g/mol. The van der Waals surface area contributed by atoms with Crippen molar-refractivity contribution in [1.29, 1.82) is 0 Å². The van der Waals surface area contributed by atoms with Crippen LogP contribution in [0.15, 0.2) is 0 Å². The Hall–Kier alpha value is -0.910. The second-order valence-corrected chi connectivity index (χ2v) is 6.34. The van der Waals surface area contributed by atoms with Crippen LogP contribution < -0.4 is 5.32 Å². The first kappa shape index (κ1) is 16.5. The van der Waals surface area contributed by atoms with E-state index in [-0.39, 0.29) is 6.61 Å².